The summed E-state index contributed by atoms with van der Waals surface area (Å²) in [5.74, 6) is -0.880. The Hall–Kier alpha value is -3.15. The number of rotatable bonds is 62. The van der Waals surface area contributed by atoms with E-state index in [4.69, 9.17) is 14.2 Å². The zero-order chi connectivity index (χ0) is 56.4. The van der Waals surface area contributed by atoms with Crippen molar-refractivity contribution in [3.8, 4) is 0 Å². The summed E-state index contributed by atoms with van der Waals surface area (Å²) in [7, 11) is 0. The molecule has 0 aliphatic rings. The Morgan fingerprint density at radius 3 is 0.744 bits per heavy atom. The number of hydrogen-bond acceptors (Lipinski definition) is 6. The minimum Gasteiger partial charge on any atom is -0.462 e. The molecule has 0 aromatic heterocycles. The van der Waals surface area contributed by atoms with Gasteiger partial charge in [0, 0.05) is 19.3 Å². The Morgan fingerprint density at radius 2 is 0.462 bits per heavy atom. The van der Waals surface area contributed by atoms with Crippen LogP contribution in [0.5, 0.6) is 0 Å². The Kier molecular flexibility index (Phi) is 63.7. The average molecular weight is 1090 g/mol. The van der Waals surface area contributed by atoms with E-state index in [0.29, 0.717) is 19.3 Å². The van der Waals surface area contributed by atoms with Gasteiger partial charge in [0.05, 0.1) is 0 Å². The second-order valence-electron chi connectivity index (χ2n) is 22.7. The monoisotopic (exact) mass is 1090 g/mol. The Bertz CT molecular complexity index is 1440. The summed E-state index contributed by atoms with van der Waals surface area (Å²) >= 11 is 0. The van der Waals surface area contributed by atoms with Crippen LogP contribution in [0, 0.1) is 0 Å². The van der Waals surface area contributed by atoms with Crippen LogP contribution >= 0.6 is 0 Å². The van der Waals surface area contributed by atoms with Gasteiger partial charge in [-0.05, 0) is 116 Å². The Balaban J connectivity index is 4.38. The highest BCUT2D eigenvalue weighted by atomic mass is 16.6. The number of allylic oxidation sites excluding steroid dienone is 12. The maximum atomic E-state index is 12.9. The summed E-state index contributed by atoms with van der Waals surface area (Å²) in [5, 5.41) is 0. The fraction of sp³-hybridized carbons (Fsp3) is 0.792. The third-order valence-corrected chi connectivity index (χ3v) is 14.9. The predicted molar refractivity (Wildman–Crippen MR) is 339 cm³/mol. The van der Waals surface area contributed by atoms with E-state index < -0.39 is 6.10 Å². The van der Waals surface area contributed by atoms with Crippen LogP contribution in [0.15, 0.2) is 72.9 Å². The van der Waals surface area contributed by atoms with Crippen molar-refractivity contribution < 1.29 is 28.6 Å². The third-order valence-electron chi connectivity index (χ3n) is 14.9. The molecule has 0 rings (SSSR count). The first kappa shape index (κ1) is 74.8. The fourth-order valence-corrected chi connectivity index (χ4v) is 9.77. The number of ether oxygens (including phenoxy) is 3. The molecule has 0 amide bonds. The molecule has 0 spiro atoms. The first-order valence-electron chi connectivity index (χ1n) is 33.9. The normalized spacial score (nSPS) is 12.5. The van der Waals surface area contributed by atoms with Crippen LogP contribution in [0.3, 0.4) is 0 Å². The van der Waals surface area contributed by atoms with Gasteiger partial charge in [-0.1, -0.05) is 286 Å². The third kappa shape index (κ3) is 63.7. The summed E-state index contributed by atoms with van der Waals surface area (Å²) in [6.45, 7) is 6.64. The van der Waals surface area contributed by atoms with E-state index in [9.17, 15) is 14.4 Å². The van der Waals surface area contributed by atoms with Crippen LogP contribution in [-0.4, -0.2) is 37.2 Å². The largest absolute Gasteiger partial charge is 0.462 e. The molecule has 0 saturated heterocycles. The van der Waals surface area contributed by atoms with E-state index in [0.717, 1.165) is 89.9 Å². The topological polar surface area (TPSA) is 78.9 Å². The van der Waals surface area contributed by atoms with Crippen molar-refractivity contribution in [3.63, 3.8) is 0 Å². The Labute approximate surface area is 484 Å². The summed E-state index contributed by atoms with van der Waals surface area (Å²) in [5.41, 5.74) is 0. The van der Waals surface area contributed by atoms with Crippen molar-refractivity contribution in [2.24, 2.45) is 0 Å². The summed E-state index contributed by atoms with van der Waals surface area (Å²) < 4.78 is 17.0. The summed E-state index contributed by atoms with van der Waals surface area (Å²) in [6.07, 6.45) is 86.2. The van der Waals surface area contributed by atoms with Crippen LogP contribution < -0.4 is 0 Å². The van der Waals surface area contributed by atoms with Gasteiger partial charge in [0.25, 0.3) is 0 Å². The zero-order valence-electron chi connectivity index (χ0n) is 51.9. The van der Waals surface area contributed by atoms with Crippen LogP contribution in [0.25, 0.3) is 0 Å². The molecule has 0 aromatic rings. The number of carbonyl (C=O) groups excluding carboxylic acids is 3. The van der Waals surface area contributed by atoms with Crippen molar-refractivity contribution in [2.75, 3.05) is 13.2 Å². The van der Waals surface area contributed by atoms with E-state index >= 15 is 0 Å². The molecule has 1 atom stereocenters. The van der Waals surface area contributed by atoms with Gasteiger partial charge < -0.3 is 14.2 Å². The van der Waals surface area contributed by atoms with Gasteiger partial charge in [0.15, 0.2) is 6.10 Å². The number of unbranched alkanes of at least 4 members (excludes halogenated alkanes) is 39. The van der Waals surface area contributed by atoms with Gasteiger partial charge in [-0.15, -0.1) is 0 Å². The Morgan fingerprint density at radius 1 is 0.256 bits per heavy atom. The van der Waals surface area contributed by atoms with Crippen molar-refractivity contribution in [3.05, 3.63) is 72.9 Å². The smallest absolute Gasteiger partial charge is 0.306 e. The molecule has 0 radical (unpaired) electrons. The van der Waals surface area contributed by atoms with E-state index in [-0.39, 0.29) is 31.1 Å². The van der Waals surface area contributed by atoms with Crippen molar-refractivity contribution >= 4 is 17.9 Å². The highest BCUT2D eigenvalue weighted by Crippen LogP contribution is 2.16. The van der Waals surface area contributed by atoms with Gasteiger partial charge in [-0.25, -0.2) is 0 Å². The van der Waals surface area contributed by atoms with Gasteiger partial charge in [-0.2, -0.15) is 0 Å². The highest BCUT2D eigenvalue weighted by molar-refractivity contribution is 5.71. The van der Waals surface area contributed by atoms with E-state index in [1.54, 1.807) is 0 Å². The maximum absolute atomic E-state index is 12.9. The first-order chi connectivity index (χ1) is 38.5. The van der Waals surface area contributed by atoms with Gasteiger partial charge in [0.2, 0.25) is 0 Å². The molecule has 452 valence electrons. The molecule has 0 aliphatic carbocycles. The zero-order valence-corrected chi connectivity index (χ0v) is 51.9. The number of carbonyl (C=O) groups is 3. The van der Waals surface area contributed by atoms with Crippen molar-refractivity contribution in [1.82, 2.24) is 0 Å². The predicted octanol–water partition coefficient (Wildman–Crippen LogP) is 23.3. The minimum atomic E-state index is -0.785. The molecule has 1 unspecified atom stereocenters. The second-order valence-corrected chi connectivity index (χ2v) is 22.7. The molecule has 0 saturated carbocycles. The SMILES string of the molecule is CCCCCC/C=C\C/C=C\CCCCCCCCCC(=O)OCC(COC(=O)CCCCCCCCCC/C=C\C/C=C\C/C=C\CCCCCCC)OC(=O)CCCCCCCCCCC/C=C\CCCCCCCC. The standard InChI is InChI=1S/C72H128O6/c1-4-7-10-13-16-19-22-25-28-31-34-35-36-37-39-41-44-47-50-53-56-59-62-65-71(74)77-68-69(67-76-70(73)64-61-58-55-52-49-46-43-40-33-30-27-24-21-18-15-12-9-6-3)78-72(75)66-63-60-57-54-51-48-45-42-38-32-29-26-23-20-17-14-11-8-5-2/h21-22,24-26,29-31,33-34,36-37,69H,4-20,23,27-28,32,35,38-68H2,1-3H3/b24-21-,25-22-,29-26-,33-30-,34-31-,37-36-. The minimum absolute atomic E-state index is 0.0811. The molecule has 6 heteroatoms. The number of esters is 3. The van der Waals surface area contributed by atoms with Crippen LogP contribution in [0.4, 0.5) is 0 Å². The molecule has 0 heterocycles. The van der Waals surface area contributed by atoms with Gasteiger partial charge >= 0.3 is 17.9 Å². The van der Waals surface area contributed by atoms with E-state index in [1.165, 1.54) is 218 Å². The van der Waals surface area contributed by atoms with Crippen LogP contribution in [0.2, 0.25) is 0 Å². The maximum Gasteiger partial charge on any atom is 0.306 e. The summed E-state index contributed by atoms with van der Waals surface area (Å²) in [4.78, 5) is 38.4. The highest BCUT2D eigenvalue weighted by Gasteiger charge is 2.19. The van der Waals surface area contributed by atoms with E-state index in [1.807, 2.05) is 0 Å². The van der Waals surface area contributed by atoms with Crippen molar-refractivity contribution in [1.29, 1.82) is 0 Å². The van der Waals surface area contributed by atoms with Crippen molar-refractivity contribution in [2.45, 2.75) is 354 Å². The molecule has 0 N–H and O–H groups in total. The van der Waals surface area contributed by atoms with Crippen LogP contribution in [0.1, 0.15) is 348 Å². The lowest BCUT2D eigenvalue weighted by molar-refractivity contribution is -0.167. The second kappa shape index (κ2) is 66.4. The molecular formula is C72H128O6. The lowest BCUT2D eigenvalue weighted by Crippen LogP contribution is -2.30. The van der Waals surface area contributed by atoms with Gasteiger partial charge in [0.1, 0.15) is 13.2 Å². The first-order valence-corrected chi connectivity index (χ1v) is 33.9. The number of hydrogen-bond donors (Lipinski definition) is 0. The summed E-state index contributed by atoms with van der Waals surface area (Å²) in [6, 6.07) is 0. The average Bonchev–Trinajstić information content (AvgIpc) is 3.44. The molecule has 0 aromatic carbocycles. The quantitative estimate of drug-likeness (QED) is 0.0261. The molecule has 0 aliphatic heterocycles. The van der Waals surface area contributed by atoms with E-state index in [2.05, 4.69) is 93.7 Å². The molecule has 78 heavy (non-hydrogen) atoms. The molecule has 6 nitrogen and oxygen atoms in total. The molecule has 0 bridgehead atoms. The molecule has 0 fully saturated rings. The lowest BCUT2D eigenvalue weighted by atomic mass is 10.1. The lowest BCUT2D eigenvalue weighted by Gasteiger charge is -2.18. The van der Waals surface area contributed by atoms with Crippen LogP contribution in [-0.2, 0) is 28.6 Å². The fourth-order valence-electron chi connectivity index (χ4n) is 9.77. The van der Waals surface area contributed by atoms with Gasteiger partial charge in [-0.3, -0.25) is 14.4 Å². The molecular weight excluding hydrogens is 961 g/mol.